The third-order valence-corrected chi connectivity index (χ3v) is 5.83. The van der Waals surface area contributed by atoms with Crippen LogP contribution in [0, 0.1) is 0 Å². The van der Waals surface area contributed by atoms with Gasteiger partial charge >= 0.3 is 0 Å². The Bertz CT molecular complexity index is 1130. The van der Waals surface area contributed by atoms with E-state index in [0.29, 0.717) is 5.82 Å². The minimum Gasteiger partial charge on any atom is -0.302 e. The number of carbonyl (C=O) groups excluding carboxylic acids is 1. The van der Waals surface area contributed by atoms with Gasteiger partial charge in [-0.25, -0.2) is 9.67 Å². The first-order valence-corrected chi connectivity index (χ1v) is 10.1. The van der Waals surface area contributed by atoms with Crippen LogP contribution in [-0.4, -0.2) is 26.7 Å². The van der Waals surface area contributed by atoms with Crippen LogP contribution in [0.15, 0.2) is 72.1 Å². The van der Waals surface area contributed by atoms with Crippen molar-refractivity contribution in [2.75, 3.05) is 4.90 Å². The zero-order chi connectivity index (χ0) is 19.1. The zero-order valence-electron chi connectivity index (χ0n) is 15.3. The molecule has 0 fully saturated rings. The van der Waals surface area contributed by atoms with Gasteiger partial charge in [-0.05, 0) is 48.6 Å². The second-order valence-corrected chi connectivity index (χ2v) is 7.79. The van der Waals surface area contributed by atoms with E-state index in [-0.39, 0.29) is 17.8 Å². The molecule has 1 amide bonds. The Morgan fingerprint density at radius 1 is 1.04 bits per heavy atom. The molecule has 5 rings (SSSR count). The molecule has 2 aromatic carbocycles. The molecule has 0 saturated heterocycles. The predicted octanol–water partition coefficient (Wildman–Crippen LogP) is 4.59. The number of nitrogens with zero attached hydrogens (tertiary/aromatic N) is 4. The van der Waals surface area contributed by atoms with Crippen LogP contribution in [0.2, 0.25) is 0 Å². The van der Waals surface area contributed by atoms with Gasteiger partial charge < -0.3 is 4.90 Å². The molecule has 0 N–H and O–H groups in total. The Kier molecular flexibility index (Phi) is 4.06. The fourth-order valence-electron chi connectivity index (χ4n) is 3.70. The van der Waals surface area contributed by atoms with Crippen molar-refractivity contribution < 1.29 is 4.79 Å². The van der Waals surface area contributed by atoms with Crippen LogP contribution in [0.5, 0.6) is 0 Å². The topological polar surface area (TPSA) is 51.0 Å². The number of rotatable bonds is 3. The highest BCUT2D eigenvalue weighted by Gasteiger charge is 2.34. The van der Waals surface area contributed by atoms with Crippen molar-refractivity contribution in [1.82, 2.24) is 14.8 Å². The maximum atomic E-state index is 13.4. The Labute approximate surface area is 166 Å². The monoisotopic (exact) mass is 386 g/mol. The first-order chi connectivity index (χ1) is 13.7. The maximum Gasteiger partial charge on any atom is 0.298 e. The number of aromatic nitrogens is 3. The zero-order valence-corrected chi connectivity index (χ0v) is 16.1. The third-order valence-electron chi connectivity index (χ3n) is 4.97. The van der Waals surface area contributed by atoms with Crippen molar-refractivity contribution in [2.45, 2.75) is 19.4 Å². The van der Waals surface area contributed by atoms with Crippen molar-refractivity contribution in [3.05, 3.63) is 83.5 Å². The number of benzene rings is 2. The second-order valence-electron chi connectivity index (χ2n) is 6.84. The number of thiophene rings is 1. The molecule has 28 heavy (non-hydrogen) atoms. The quantitative estimate of drug-likeness (QED) is 0.518. The Balaban J connectivity index is 1.61. The van der Waals surface area contributed by atoms with Crippen LogP contribution in [0.4, 0.5) is 5.69 Å². The molecule has 4 aromatic rings. The van der Waals surface area contributed by atoms with E-state index < -0.39 is 0 Å². The molecule has 0 spiro atoms. The first kappa shape index (κ1) is 16.9. The molecule has 1 aliphatic rings. The van der Waals surface area contributed by atoms with Crippen LogP contribution in [0.1, 0.15) is 23.1 Å². The van der Waals surface area contributed by atoms with E-state index >= 15 is 0 Å². The lowest BCUT2D eigenvalue weighted by Gasteiger charge is -2.20. The maximum absolute atomic E-state index is 13.4. The Morgan fingerprint density at radius 2 is 1.82 bits per heavy atom. The van der Waals surface area contributed by atoms with Crippen molar-refractivity contribution in [3.63, 3.8) is 0 Å². The summed E-state index contributed by atoms with van der Waals surface area (Å²) in [6, 6.07) is 21.9. The molecule has 0 bridgehead atoms. The smallest absolute Gasteiger partial charge is 0.298 e. The van der Waals surface area contributed by atoms with Gasteiger partial charge in [0.25, 0.3) is 5.91 Å². The lowest BCUT2D eigenvalue weighted by atomic mass is 10.1. The minimum atomic E-state index is -0.162. The third kappa shape index (κ3) is 2.73. The van der Waals surface area contributed by atoms with Gasteiger partial charge in [0.2, 0.25) is 5.82 Å². The van der Waals surface area contributed by atoms with Gasteiger partial charge in [0.15, 0.2) is 5.82 Å². The van der Waals surface area contributed by atoms with E-state index in [1.165, 1.54) is 5.56 Å². The molecule has 6 heteroatoms. The summed E-state index contributed by atoms with van der Waals surface area (Å²) in [7, 11) is 0. The molecule has 2 aromatic heterocycles. The van der Waals surface area contributed by atoms with Gasteiger partial charge in [0, 0.05) is 11.7 Å². The number of para-hydroxylation sites is 2. The number of amides is 1. The second kappa shape index (κ2) is 6.73. The SMILES string of the molecule is CC1Cc2ccccc2N1C(=O)c1nc(-c2cccs2)n(-c2ccccc2)n1. The van der Waals surface area contributed by atoms with Crippen LogP contribution >= 0.6 is 11.3 Å². The van der Waals surface area contributed by atoms with E-state index in [9.17, 15) is 4.79 Å². The molecule has 1 atom stereocenters. The summed E-state index contributed by atoms with van der Waals surface area (Å²) >= 11 is 1.58. The van der Waals surface area contributed by atoms with Gasteiger partial charge in [-0.15, -0.1) is 16.4 Å². The Hall–Kier alpha value is -3.25. The number of fused-ring (bicyclic) bond motifs is 1. The van der Waals surface area contributed by atoms with Crippen molar-refractivity contribution in [3.8, 4) is 16.4 Å². The molecular formula is C22H18N4OS. The summed E-state index contributed by atoms with van der Waals surface area (Å²) in [5, 5.41) is 6.61. The minimum absolute atomic E-state index is 0.0822. The highest BCUT2D eigenvalue weighted by molar-refractivity contribution is 7.13. The van der Waals surface area contributed by atoms with Crippen LogP contribution in [-0.2, 0) is 6.42 Å². The van der Waals surface area contributed by atoms with Gasteiger partial charge in [-0.1, -0.05) is 42.5 Å². The van der Waals surface area contributed by atoms with Gasteiger partial charge in [-0.3, -0.25) is 4.79 Å². The molecule has 0 radical (unpaired) electrons. The highest BCUT2D eigenvalue weighted by atomic mass is 32.1. The lowest BCUT2D eigenvalue weighted by molar-refractivity contribution is 0.0971. The van der Waals surface area contributed by atoms with Gasteiger partial charge in [-0.2, -0.15) is 0 Å². The summed E-state index contributed by atoms with van der Waals surface area (Å²) in [5.41, 5.74) is 3.02. The average Bonchev–Trinajstić information content (AvgIpc) is 3.45. The fraction of sp³-hybridized carbons (Fsp3) is 0.136. The van der Waals surface area contributed by atoms with Crippen molar-refractivity contribution in [1.29, 1.82) is 0 Å². The van der Waals surface area contributed by atoms with Crippen LogP contribution in [0.25, 0.3) is 16.4 Å². The standard InChI is InChI=1S/C22H18N4OS/c1-15-14-16-8-5-6-11-18(16)25(15)22(27)20-23-21(19-12-7-13-28-19)26(24-20)17-9-3-2-4-10-17/h2-13,15H,14H2,1H3. The highest BCUT2D eigenvalue weighted by Crippen LogP contribution is 2.33. The van der Waals surface area contributed by atoms with Crippen LogP contribution in [0.3, 0.4) is 0 Å². The fourth-order valence-corrected chi connectivity index (χ4v) is 4.40. The predicted molar refractivity (Wildman–Crippen MR) is 111 cm³/mol. The molecule has 0 saturated carbocycles. The summed E-state index contributed by atoms with van der Waals surface area (Å²) in [5.74, 6) is 0.741. The molecule has 138 valence electrons. The van der Waals surface area contributed by atoms with Crippen LogP contribution < -0.4 is 4.90 Å². The number of anilines is 1. The van der Waals surface area contributed by atoms with E-state index in [2.05, 4.69) is 23.1 Å². The average molecular weight is 386 g/mol. The summed E-state index contributed by atoms with van der Waals surface area (Å²) in [4.78, 5) is 20.8. The van der Waals surface area contributed by atoms with Crippen molar-refractivity contribution >= 4 is 22.9 Å². The summed E-state index contributed by atoms with van der Waals surface area (Å²) in [6.07, 6.45) is 0.846. The molecule has 3 heterocycles. The summed E-state index contributed by atoms with van der Waals surface area (Å²) in [6.45, 7) is 2.06. The molecular weight excluding hydrogens is 368 g/mol. The molecule has 1 aliphatic heterocycles. The van der Waals surface area contributed by atoms with Gasteiger partial charge in [0.05, 0.1) is 10.6 Å². The van der Waals surface area contributed by atoms with E-state index in [1.807, 2.05) is 70.9 Å². The largest absolute Gasteiger partial charge is 0.302 e. The summed E-state index contributed by atoms with van der Waals surface area (Å²) < 4.78 is 1.76. The Morgan fingerprint density at radius 3 is 2.61 bits per heavy atom. The molecule has 1 unspecified atom stereocenters. The van der Waals surface area contributed by atoms with E-state index in [1.54, 1.807) is 16.0 Å². The van der Waals surface area contributed by atoms with E-state index in [4.69, 9.17) is 0 Å². The van der Waals surface area contributed by atoms with E-state index in [0.717, 1.165) is 22.7 Å². The molecule has 0 aliphatic carbocycles. The number of hydrogen-bond donors (Lipinski definition) is 0. The number of hydrogen-bond acceptors (Lipinski definition) is 4. The lowest BCUT2D eigenvalue weighted by Crippen LogP contribution is -2.36. The first-order valence-electron chi connectivity index (χ1n) is 9.20. The van der Waals surface area contributed by atoms with Crippen molar-refractivity contribution in [2.24, 2.45) is 0 Å². The molecule has 5 nitrogen and oxygen atoms in total. The van der Waals surface area contributed by atoms with Gasteiger partial charge in [0.1, 0.15) is 0 Å². The number of carbonyl (C=O) groups is 1. The normalized spacial score (nSPS) is 15.6.